The number of rotatable bonds is 6. The Morgan fingerprint density at radius 2 is 1.93 bits per heavy atom. The SMILES string of the molecule is CCC(C)CSCCc1ccc(N)cc1. The third-order valence-corrected chi connectivity index (χ3v) is 3.91. The van der Waals surface area contributed by atoms with Gasteiger partial charge in [0.15, 0.2) is 0 Å². The summed E-state index contributed by atoms with van der Waals surface area (Å²) in [5.74, 6) is 3.35. The average molecular weight is 223 g/mol. The lowest BCUT2D eigenvalue weighted by atomic mass is 10.1. The van der Waals surface area contributed by atoms with Crippen molar-refractivity contribution in [2.75, 3.05) is 17.2 Å². The molecule has 0 aromatic heterocycles. The van der Waals surface area contributed by atoms with Crippen LogP contribution in [0.15, 0.2) is 24.3 Å². The molecule has 0 aliphatic rings. The van der Waals surface area contributed by atoms with E-state index in [0.717, 1.165) is 18.0 Å². The zero-order valence-corrected chi connectivity index (χ0v) is 10.5. The van der Waals surface area contributed by atoms with E-state index >= 15 is 0 Å². The van der Waals surface area contributed by atoms with E-state index in [-0.39, 0.29) is 0 Å². The van der Waals surface area contributed by atoms with Gasteiger partial charge in [-0.25, -0.2) is 0 Å². The Balaban J connectivity index is 2.17. The fourth-order valence-corrected chi connectivity index (χ4v) is 2.46. The highest BCUT2D eigenvalue weighted by Crippen LogP contribution is 2.14. The standard InChI is InChI=1S/C13H21NS/c1-3-11(2)10-15-9-8-12-4-6-13(14)7-5-12/h4-7,11H,3,8-10,14H2,1-2H3. The van der Waals surface area contributed by atoms with Crippen LogP contribution in [0.1, 0.15) is 25.8 Å². The first-order valence-corrected chi connectivity index (χ1v) is 6.80. The van der Waals surface area contributed by atoms with Gasteiger partial charge in [0.05, 0.1) is 0 Å². The van der Waals surface area contributed by atoms with Gasteiger partial charge in [-0.3, -0.25) is 0 Å². The number of nitrogen functional groups attached to an aromatic ring is 1. The molecular formula is C13H21NS. The van der Waals surface area contributed by atoms with E-state index in [4.69, 9.17) is 5.73 Å². The second-order valence-electron chi connectivity index (χ2n) is 4.08. The summed E-state index contributed by atoms with van der Waals surface area (Å²) in [5.41, 5.74) is 7.88. The first-order valence-electron chi connectivity index (χ1n) is 5.64. The van der Waals surface area contributed by atoms with Crippen molar-refractivity contribution in [1.82, 2.24) is 0 Å². The summed E-state index contributed by atoms with van der Waals surface area (Å²) in [6, 6.07) is 8.21. The number of benzene rings is 1. The van der Waals surface area contributed by atoms with Gasteiger partial charge < -0.3 is 5.73 Å². The summed E-state index contributed by atoms with van der Waals surface area (Å²) < 4.78 is 0. The van der Waals surface area contributed by atoms with Gasteiger partial charge in [-0.05, 0) is 41.5 Å². The van der Waals surface area contributed by atoms with Crippen molar-refractivity contribution in [2.45, 2.75) is 26.7 Å². The lowest BCUT2D eigenvalue weighted by Crippen LogP contribution is -1.98. The van der Waals surface area contributed by atoms with Crippen molar-refractivity contribution >= 4 is 17.4 Å². The van der Waals surface area contributed by atoms with Gasteiger partial charge in [0.25, 0.3) is 0 Å². The highest BCUT2D eigenvalue weighted by atomic mass is 32.2. The molecule has 0 radical (unpaired) electrons. The molecule has 0 saturated carbocycles. The Kier molecular flexibility index (Phi) is 5.62. The van der Waals surface area contributed by atoms with Crippen LogP contribution in [0.5, 0.6) is 0 Å². The molecule has 1 aromatic carbocycles. The predicted octanol–water partition coefficient (Wildman–Crippen LogP) is 3.59. The lowest BCUT2D eigenvalue weighted by Gasteiger charge is -2.07. The molecule has 1 rings (SSSR count). The number of nitrogens with two attached hydrogens (primary N) is 1. The zero-order valence-electron chi connectivity index (χ0n) is 9.70. The minimum Gasteiger partial charge on any atom is -0.399 e. The molecule has 15 heavy (non-hydrogen) atoms. The van der Waals surface area contributed by atoms with Gasteiger partial charge >= 0.3 is 0 Å². The molecule has 0 heterocycles. The first kappa shape index (κ1) is 12.4. The Labute approximate surface area is 97.4 Å². The van der Waals surface area contributed by atoms with E-state index in [2.05, 4.69) is 37.7 Å². The molecular weight excluding hydrogens is 202 g/mol. The number of aryl methyl sites for hydroxylation is 1. The highest BCUT2D eigenvalue weighted by Gasteiger charge is 1.99. The van der Waals surface area contributed by atoms with Crippen molar-refractivity contribution in [3.8, 4) is 0 Å². The molecule has 84 valence electrons. The third kappa shape index (κ3) is 5.12. The topological polar surface area (TPSA) is 26.0 Å². The minimum atomic E-state index is 0.849. The molecule has 0 fully saturated rings. The van der Waals surface area contributed by atoms with Gasteiger partial charge in [0.1, 0.15) is 0 Å². The van der Waals surface area contributed by atoms with Gasteiger partial charge in [0, 0.05) is 5.69 Å². The Bertz CT molecular complexity index is 268. The van der Waals surface area contributed by atoms with Crippen LogP contribution in [0.4, 0.5) is 5.69 Å². The molecule has 2 heteroatoms. The maximum atomic E-state index is 5.63. The number of anilines is 1. The van der Waals surface area contributed by atoms with Gasteiger partial charge in [-0.1, -0.05) is 32.4 Å². The van der Waals surface area contributed by atoms with Crippen molar-refractivity contribution in [3.63, 3.8) is 0 Å². The van der Waals surface area contributed by atoms with Crippen LogP contribution in [-0.4, -0.2) is 11.5 Å². The van der Waals surface area contributed by atoms with Crippen molar-refractivity contribution in [3.05, 3.63) is 29.8 Å². The van der Waals surface area contributed by atoms with Crippen LogP contribution < -0.4 is 5.73 Å². The fourth-order valence-electron chi connectivity index (χ4n) is 1.28. The smallest absolute Gasteiger partial charge is 0.0314 e. The maximum Gasteiger partial charge on any atom is 0.0314 e. The number of hydrogen-bond donors (Lipinski definition) is 1. The molecule has 1 atom stereocenters. The number of thioether (sulfide) groups is 1. The van der Waals surface area contributed by atoms with Crippen molar-refractivity contribution < 1.29 is 0 Å². The van der Waals surface area contributed by atoms with E-state index in [1.54, 1.807) is 0 Å². The normalized spacial score (nSPS) is 12.7. The van der Waals surface area contributed by atoms with Crippen LogP contribution >= 0.6 is 11.8 Å². The second kappa shape index (κ2) is 6.78. The summed E-state index contributed by atoms with van der Waals surface area (Å²) in [7, 11) is 0. The summed E-state index contributed by atoms with van der Waals surface area (Å²) in [5, 5.41) is 0. The molecule has 0 amide bonds. The van der Waals surface area contributed by atoms with Crippen LogP contribution in [0.2, 0.25) is 0 Å². The molecule has 2 N–H and O–H groups in total. The van der Waals surface area contributed by atoms with E-state index in [1.165, 1.54) is 23.5 Å². The fraction of sp³-hybridized carbons (Fsp3) is 0.538. The average Bonchev–Trinajstić information content (AvgIpc) is 2.26. The molecule has 0 aliphatic carbocycles. The van der Waals surface area contributed by atoms with Crippen molar-refractivity contribution in [2.24, 2.45) is 5.92 Å². The Morgan fingerprint density at radius 1 is 1.27 bits per heavy atom. The summed E-state index contributed by atoms with van der Waals surface area (Å²) in [6.45, 7) is 4.57. The van der Waals surface area contributed by atoms with Crippen LogP contribution in [0.3, 0.4) is 0 Å². The first-order chi connectivity index (χ1) is 7.22. The summed E-state index contributed by atoms with van der Waals surface area (Å²) in [6.07, 6.45) is 2.44. The predicted molar refractivity (Wildman–Crippen MR) is 71.3 cm³/mol. The quantitative estimate of drug-likeness (QED) is 0.589. The highest BCUT2D eigenvalue weighted by molar-refractivity contribution is 7.99. The van der Waals surface area contributed by atoms with E-state index < -0.39 is 0 Å². The number of hydrogen-bond acceptors (Lipinski definition) is 2. The molecule has 0 spiro atoms. The van der Waals surface area contributed by atoms with E-state index in [0.29, 0.717) is 0 Å². The second-order valence-corrected chi connectivity index (χ2v) is 5.23. The molecule has 1 nitrogen and oxygen atoms in total. The molecule has 1 unspecified atom stereocenters. The van der Waals surface area contributed by atoms with Crippen LogP contribution in [-0.2, 0) is 6.42 Å². The molecule has 0 bridgehead atoms. The molecule has 0 saturated heterocycles. The third-order valence-electron chi connectivity index (χ3n) is 2.61. The van der Waals surface area contributed by atoms with Gasteiger partial charge in [-0.15, -0.1) is 0 Å². The molecule has 0 aliphatic heterocycles. The van der Waals surface area contributed by atoms with E-state index in [1.807, 2.05) is 12.1 Å². The maximum absolute atomic E-state index is 5.63. The van der Waals surface area contributed by atoms with E-state index in [9.17, 15) is 0 Å². The Hall–Kier alpha value is -0.630. The molecule has 1 aromatic rings. The minimum absolute atomic E-state index is 0.849. The van der Waals surface area contributed by atoms with Crippen molar-refractivity contribution in [1.29, 1.82) is 0 Å². The summed E-state index contributed by atoms with van der Waals surface area (Å²) >= 11 is 2.05. The largest absolute Gasteiger partial charge is 0.399 e. The van der Waals surface area contributed by atoms with Gasteiger partial charge in [-0.2, -0.15) is 11.8 Å². The zero-order chi connectivity index (χ0) is 11.1. The van der Waals surface area contributed by atoms with Gasteiger partial charge in [0.2, 0.25) is 0 Å². The monoisotopic (exact) mass is 223 g/mol. The van der Waals surface area contributed by atoms with Crippen LogP contribution in [0, 0.1) is 5.92 Å². The summed E-state index contributed by atoms with van der Waals surface area (Å²) in [4.78, 5) is 0. The van der Waals surface area contributed by atoms with Crippen LogP contribution in [0.25, 0.3) is 0 Å². The lowest BCUT2D eigenvalue weighted by molar-refractivity contribution is 0.637. The Morgan fingerprint density at radius 3 is 2.53 bits per heavy atom.